The molecule has 3 atom stereocenters. The second-order valence-corrected chi connectivity index (χ2v) is 8.25. The van der Waals surface area contributed by atoms with Crippen molar-refractivity contribution < 1.29 is 38.2 Å². The fourth-order valence-corrected chi connectivity index (χ4v) is 2.99. The Bertz CT molecular complexity index is 909. The summed E-state index contributed by atoms with van der Waals surface area (Å²) in [4.78, 5) is 61.1. The van der Waals surface area contributed by atoms with Crippen LogP contribution in [0.15, 0.2) is 24.3 Å². The summed E-state index contributed by atoms with van der Waals surface area (Å²) in [6.45, 7) is 3.60. The van der Waals surface area contributed by atoms with Crippen LogP contribution in [0.5, 0.6) is 0 Å². The predicted molar refractivity (Wildman–Crippen MR) is 134 cm³/mol. The zero-order valence-corrected chi connectivity index (χ0v) is 21.6. The van der Waals surface area contributed by atoms with Crippen molar-refractivity contribution in [3.8, 4) is 0 Å². The molecular weight excluding hydrogens is 486 g/mol. The Morgan fingerprint density at radius 1 is 0.838 bits per heavy atom. The molecule has 0 bridgehead atoms. The molecule has 0 saturated heterocycles. The van der Waals surface area contributed by atoms with Crippen molar-refractivity contribution in [3.63, 3.8) is 0 Å². The summed E-state index contributed by atoms with van der Waals surface area (Å²) in [5.41, 5.74) is 6.61. The number of rotatable bonds is 17. The van der Waals surface area contributed by atoms with E-state index in [1.54, 1.807) is 31.4 Å². The minimum absolute atomic E-state index is 0.0368. The van der Waals surface area contributed by atoms with Gasteiger partial charge < -0.3 is 41.2 Å². The van der Waals surface area contributed by atoms with E-state index < -0.39 is 47.7 Å². The third-order valence-corrected chi connectivity index (χ3v) is 5.03. The maximum Gasteiger partial charge on any atom is 0.246 e. The van der Waals surface area contributed by atoms with Gasteiger partial charge in [-0.15, -0.1) is 0 Å². The van der Waals surface area contributed by atoms with Crippen molar-refractivity contribution in [3.05, 3.63) is 29.8 Å². The first-order valence-electron chi connectivity index (χ1n) is 11.7. The number of hydrogen-bond acceptors (Lipinski definition) is 8. The molecule has 0 aliphatic carbocycles. The van der Waals surface area contributed by atoms with Gasteiger partial charge in [-0.2, -0.15) is 0 Å². The summed E-state index contributed by atoms with van der Waals surface area (Å²) in [6, 6.07) is 3.85. The second kappa shape index (κ2) is 17.0. The number of anilines is 1. The molecule has 0 saturated carbocycles. The van der Waals surface area contributed by atoms with Gasteiger partial charge in [0.05, 0.1) is 19.8 Å². The minimum Gasteiger partial charge on any atom is -0.382 e. The Morgan fingerprint density at radius 3 is 2.05 bits per heavy atom. The zero-order chi connectivity index (χ0) is 27.8. The highest BCUT2D eigenvalue weighted by atomic mass is 16.5. The molecule has 0 spiro atoms. The third-order valence-electron chi connectivity index (χ3n) is 5.03. The number of carbonyl (C=O) groups excluding carboxylic acids is 5. The molecule has 13 nitrogen and oxygen atoms in total. The van der Waals surface area contributed by atoms with E-state index in [9.17, 15) is 24.0 Å². The monoisotopic (exact) mass is 523 g/mol. The van der Waals surface area contributed by atoms with Gasteiger partial charge in [0.25, 0.3) is 0 Å². The molecule has 0 aliphatic rings. The largest absolute Gasteiger partial charge is 0.382 e. The predicted octanol–water partition coefficient (Wildman–Crippen LogP) is -0.806. The number of carbonyl (C=O) groups is 5. The molecule has 0 heterocycles. The Morgan fingerprint density at radius 2 is 1.46 bits per heavy atom. The van der Waals surface area contributed by atoms with Crippen molar-refractivity contribution >= 4 is 35.2 Å². The van der Waals surface area contributed by atoms with Crippen molar-refractivity contribution in [2.45, 2.75) is 51.4 Å². The SMILES string of the molecule is COCCOCC(=O)N[C@@H](C)C(=O)N[C@@H](C)C(=O)N[C@@H](CCC(N)=O)C(=O)Nc1ccc(COC)cc1. The molecule has 13 heteroatoms. The molecule has 37 heavy (non-hydrogen) atoms. The van der Waals surface area contributed by atoms with Gasteiger partial charge in [0.1, 0.15) is 24.7 Å². The van der Waals surface area contributed by atoms with Gasteiger partial charge in [0.15, 0.2) is 0 Å². The van der Waals surface area contributed by atoms with Crippen LogP contribution in [-0.4, -0.2) is 81.7 Å². The lowest BCUT2D eigenvalue weighted by molar-refractivity contribution is -0.133. The molecule has 0 aromatic heterocycles. The minimum atomic E-state index is -1.08. The van der Waals surface area contributed by atoms with Gasteiger partial charge in [-0.25, -0.2) is 0 Å². The number of benzene rings is 1. The van der Waals surface area contributed by atoms with Crippen LogP contribution >= 0.6 is 0 Å². The molecule has 1 aromatic rings. The number of nitrogens with one attached hydrogen (secondary N) is 4. The van der Waals surface area contributed by atoms with E-state index >= 15 is 0 Å². The normalized spacial score (nSPS) is 13.1. The van der Waals surface area contributed by atoms with Crippen LogP contribution in [0.25, 0.3) is 0 Å². The van der Waals surface area contributed by atoms with Crippen molar-refractivity contribution in [1.29, 1.82) is 0 Å². The van der Waals surface area contributed by atoms with E-state index in [-0.39, 0.29) is 26.1 Å². The van der Waals surface area contributed by atoms with E-state index in [1.807, 2.05) is 0 Å². The van der Waals surface area contributed by atoms with Crippen molar-refractivity contribution in [1.82, 2.24) is 16.0 Å². The van der Waals surface area contributed by atoms with Gasteiger partial charge in [-0.1, -0.05) is 12.1 Å². The summed E-state index contributed by atoms with van der Waals surface area (Å²) >= 11 is 0. The summed E-state index contributed by atoms with van der Waals surface area (Å²) in [5.74, 6) is -2.96. The fourth-order valence-electron chi connectivity index (χ4n) is 2.99. The highest BCUT2D eigenvalue weighted by Gasteiger charge is 2.26. The molecule has 0 radical (unpaired) electrons. The first-order chi connectivity index (χ1) is 17.6. The molecule has 206 valence electrons. The Balaban J connectivity index is 2.68. The Hall–Kier alpha value is -3.55. The van der Waals surface area contributed by atoms with Crippen LogP contribution in [0.4, 0.5) is 5.69 Å². The van der Waals surface area contributed by atoms with Crippen LogP contribution in [0.2, 0.25) is 0 Å². The fraction of sp³-hybridized carbons (Fsp3) is 0.542. The van der Waals surface area contributed by atoms with E-state index in [2.05, 4.69) is 21.3 Å². The van der Waals surface area contributed by atoms with E-state index in [4.69, 9.17) is 19.9 Å². The lowest BCUT2D eigenvalue weighted by Crippen LogP contribution is -2.55. The maximum absolute atomic E-state index is 12.8. The second-order valence-electron chi connectivity index (χ2n) is 8.25. The molecule has 0 fully saturated rings. The number of hydrogen-bond donors (Lipinski definition) is 5. The van der Waals surface area contributed by atoms with Gasteiger partial charge in [0, 0.05) is 26.3 Å². The van der Waals surface area contributed by atoms with Crippen LogP contribution in [0, 0.1) is 0 Å². The highest BCUT2D eigenvalue weighted by molar-refractivity contribution is 5.99. The summed E-state index contributed by atoms with van der Waals surface area (Å²) < 4.78 is 15.0. The molecule has 5 amide bonds. The molecular formula is C24H37N5O8. The molecule has 6 N–H and O–H groups in total. The number of methoxy groups -OCH3 is 2. The Kier molecular flexibility index (Phi) is 14.5. The molecule has 1 rings (SSSR count). The molecule has 1 aromatic carbocycles. The van der Waals surface area contributed by atoms with E-state index in [1.165, 1.54) is 21.0 Å². The van der Waals surface area contributed by atoms with Crippen LogP contribution in [0.3, 0.4) is 0 Å². The van der Waals surface area contributed by atoms with Gasteiger partial charge in [-0.3, -0.25) is 24.0 Å². The molecule has 0 aliphatic heterocycles. The van der Waals surface area contributed by atoms with Gasteiger partial charge in [0.2, 0.25) is 29.5 Å². The summed E-state index contributed by atoms with van der Waals surface area (Å²) in [5, 5.41) is 10.2. The topological polar surface area (TPSA) is 187 Å². The smallest absolute Gasteiger partial charge is 0.246 e. The molecule has 0 unspecified atom stereocenters. The highest BCUT2D eigenvalue weighted by Crippen LogP contribution is 2.12. The number of amides is 5. The Labute approximate surface area is 216 Å². The maximum atomic E-state index is 12.8. The average molecular weight is 524 g/mol. The first kappa shape index (κ1) is 31.5. The number of ether oxygens (including phenoxy) is 3. The lowest BCUT2D eigenvalue weighted by Gasteiger charge is -2.22. The third kappa shape index (κ3) is 12.8. The summed E-state index contributed by atoms with van der Waals surface area (Å²) in [7, 11) is 3.07. The van der Waals surface area contributed by atoms with Gasteiger partial charge >= 0.3 is 0 Å². The summed E-state index contributed by atoms with van der Waals surface area (Å²) in [6.07, 6.45) is -0.174. The van der Waals surface area contributed by atoms with Crippen molar-refractivity contribution in [2.75, 3.05) is 39.4 Å². The number of nitrogens with two attached hydrogens (primary N) is 1. The van der Waals surface area contributed by atoms with Crippen molar-refractivity contribution in [2.24, 2.45) is 5.73 Å². The van der Waals surface area contributed by atoms with E-state index in [0.29, 0.717) is 18.9 Å². The average Bonchev–Trinajstić information content (AvgIpc) is 2.85. The standard InChI is InChI=1S/C24H37N5O8/c1-15(26-21(31)14-37-12-11-35-3)22(32)27-16(2)23(33)29-19(9-10-20(25)30)24(34)28-18-7-5-17(6-8-18)13-36-4/h5-8,15-16,19H,9-14H2,1-4H3,(H2,25,30)(H,26,31)(H,27,32)(H,28,34)(H,29,33)/t15-,16-,19-/m0/s1. The van der Waals surface area contributed by atoms with Crippen LogP contribution < -0.4 is 27.0 Å². The number of primary amides is 1. The quantitative estimate of drug-likeness (QED) is 0.164. The van der Waals surface area contributed by atoms with E-state index in [0.717, 1.165) is 5.56 Å². The van der Waals surface area contributed by atoms with Gasteiger partial charge in [-0.05, 0) is 38.0 Å². The lowest BCUT2D eigenvalue weighted by atomic mass is 10.1. The zero-order valence-electron chi connectivity index (χ0n) is 21.6. The van der Waals surface area contributed by atoms with Crippen LogP contribution in [-0.2, 0) is 44.8 Å². The van der Waals surface area contributed by atoms with Crippen LogP contribution in [0.1, 0.15) is 32.3 Å². The first-order valence-corrected chi connectivity index (χ1v) is 11.7.